The minimum Gasteiger partial charge on any atom is -0.406 e. The summed E-state index contributed by atoms with van der Waals surface area (Å²) < 4.78 is 44.1. The number of alkyl halides is 3. The van der Waals surface area contributed by atoms with Crippen LogP contribution in [0.3, 0.4) is 0 Å². The van der Waals surface area contributed by atoms with E-state index in [2.05, 4.69) is 14.7 Å². The predicted molar refractivity (Wildman–Crippen MR) is 106 cm³/mol. The minimum absolute atomic E-state index is 0.319. The summed E-state index contributed by atoms with van der Waals surface area (Å²) in [6.45, 7) is -0.0297. The molecule has 0 spiro atoms. The van der Waals surface area contributed by atoms with Gasteiger partial charge in [0.1, 0.15) is 12.1 Å². The van der Waals surface area contributed by atoms with E-state index < -0.39 is 6.36 Å². The van der Waals surface area contributed by atoms with Gasteiger partial charge in [0.25, 0.3) is 0 Å². The molecular formula is C21H15ClF3N3O2. The standard InChI is InChI=1S/C21H15ClF3N3O2/c22-17-4-2-1-3-13(17)10-28-18-6-5-15(30-21(23,24)25)7-16(18)20(19(28)11-29)14-8-26-12-27-9-14/h1-9,12,29H,10-11H2. The van der Waals surface area contributed by atoms with E-state index in [-0.39, 0.29) is 12.4 Å². The quantitative estimate of drug-likeness (QED) is 0.470. The second kappa shape index (κ2) is 7.97. The minimum atomic E-state index is -4.82. The summed E-state index contributed by atoms with van der Waals surface area (Å²) in [4.78, 5) is 8.00. The van der Waals surface area contributed by atoms with Gasteiger partial charge in [0, 0.05) is 46.0 Å². The van der Waals surface area contributed by atoms with Crippen molar-refractivity contribution in [3.8, 4) is 16.9 Å². The van der Waals surface area contributed by atoms with Crippen molar-refractivity contribution in [1.82, 2.24) is 14.5 Å². The number of halogens is 4. The molecule has 154 valence electrons. The highest BCUT2D eigenvalue weighted by molar-refractivity contribution is 6.31. The van der Waals surface area contributed by atoms with Gasteiger partial charge >= 0.3 is 6.36 Å². The van der Waals surface area contributed by atoms with Gasteiger partial charge in [-0.3, -0.25) is 0 Å². The fourth-order valence-electron chi connectivity index (χ4n) is 3.48. The predicted octanol–water partition coefficient (Wildman–Crippen LogP) is 5.19. The zero-order chi connectivity index (χ0) is 21.3. The normalized spacial score (nSPS) is 11.8. The average Bonchev–Trinajstić information content (AvgIpc) is 3.01. The number of rotatable bonds is 5. The van der Waals surface area contributed by atoms with Crippen LogP contribution >= 0.6 is 11.6 Å². The van der Waals surface area contributed by atoms with Crippen LogP contribution in [-0.2, 0) is 13.2 Å². The van der Waals surface area contributed by atoms with Crippen LogP contribution in [0.2, 0.25) is 5.02 Å². The molecule has 0 unspecified atom stereocenters. The van der Waals surface area contributed by atoms with Crippen molar-refractivity contribution < 1.29 is 23.0 Å². The highest BCUT2D eigenvalue weighted by atomic mass is 35.5. The molecule has 2 aromatic carbocycles. The molecule has 4 aromatic rings. The van der Waals surface area contributed by atoms with Gasteiger partial charge in [0.15, 0.2) is 0 Å². The SMILES string of the molecule is OCc1c(-c2cncnc2)c2cc(OC(F)(F)F)ccc2n1Cc1ccccc1Cl. The van der Waals surface area contributed by atoms with Crippen molar-refractivity contribution in [3.05, 3.63) is 77.5 Å². The maximum atomic E-state index is 12.7. The van der Waals surface area contributed by atoms with Crippen LogP contribution in [0.15, 0.2) is 61.2 Å². The van der Waals surface area contributed by atoms with E-state index >= 15 is 0 Å². The molecule has 0 aliphatic heterocycles. The number of ether oxygens (including phenoxy) is 1. The van der Waals surface area contributed by atoms with Crippen molar-refractivity contribution in [2.45, 2.75) is 19.5 Å². The van der Waals surface area contributed by atoms with Gasteiger partial charge in [-0.15, -0.1) is 13.2 Å². The second-order valence-corrected chi connectivity index (χ2v) is 6.92. The van der Waals surface area contributed by atoms with Crippen LogP contribution in [0.1, 0.15) is 11.3 Å². The second-order valence-electron chi connectivity index (χ2n) is 6.51. The van der Waals surface area contributed by atoms with Crippen molar-refractivity contribution in [2.24, 2.45) is 0 Å². The summed E-state index contributed by atoms with van der Waals surface area (Å²) >= 11 is 6.30. The third-order valence-corrected chi connectivity index (χ3v) is 5.03. The van der Waals surface area contributed by atoms with Gasteiger partial charge in [-0.05, 0) is 29.8 Å². The summed E-state index contributed by atoms with van der Waals surface area (Å²) in [5, 5.41) is 11.2. The van der Waals surface area contributed by atoms with Gasteiger partial charge in [-0.2, -0.15) is 0 Å². The first-order valence-corrected chi connectivity index (χ1v) is 9.25. The van der Waals surface area contributed by atoms with Gasteiger partial charge in [-0.1, -0.05) is 29.8 Å². The summed E-state index contributed by atoms with van der Waals surface area (Å²) in [6.07, 6.45) is -0.386. The third kappa shape index (κ3) is 3.96. The van der Waals surface area contributed by atoms with Crippen LogP contribution in [0.4, 0.5) is 13.2 Å². The van der Waals surface area contributed by atoms with Crippen LogP contribution in [0.25, 0.3) is 22.0 Å². The Morgan fingerprint density at radius 3 is 2.47 bits per heavy atom. The number of hydrogen-bond donors (Lipinski definition) is 1. The first kappa shape index (κ1) is 20.2. The molecule has 5 nitrogen and oxygen atoms in total. The Morgan fingerprint density at radius 1 is 1.07 bits per heavy atom. The molecule has 9 heteroatoms. The van der Waals surface area contributed by atoms with Gasteiger partial charge in [0.2, 0.25) is 0 Å². The molecule has 30 heavy (non-hydrogen) atoms. The van der Waals surface area contributed by atoms with Crippen LogP contribution < -0.4 is 4.74 Å². The van der Waals surface area contributed by atoms with Gasteiger partial charge in [0.05, 0.1) is 12.3 Å². The number of aliphatic hydroxyl groups is 1. The molecule has 0 bridgehead atoms. The Hall–Kier alpha value is -3.10. The molecule has 0 amide bonds. The first-order valence-electron chi connectivity index (χ1n) is 8.88. The molecule has 0 aliphatic carbocycles. The van der Waals surface area contributed by atoms with Gasteiger partial charge < -0.3 is 14.4 Å². The van der Waals surface area contributed by atoms with E-state index in [0.717, 1.165) is 5.56 Å². The molecule has 0 atom stereocenters. The monoisotopic (exact) mass is 433 g/mol. The molecule has 0 saturated carbocycles. The molecule has 1 N–H and O–H groups in total. The molecule has 2 aromatic heterocycles. The molecule has 0 aliphatic rings. The maximum Gasteiger partial charge on any atom is 0.573 e. The Labute approximate surface area is 174 Å². The van der Waals surface area contributed by atoms with E-state index in [0.29, 0.717) is 39.3 Å². The number of aliphatic hydroxyl groups excluding tert-OH is 1. The zero-order valence-corrected chi connectivity index (χ0v) is 16.2. The van der Waals surface area contributed by atoms with E-state index in [1.807, 2.05) is 16.7 Å². The number of fused-ring (bicyclic) bond motifs is 1. The Bertz CT molecular complexity index is 1190. The van der Waals surface area contributed by atoms with Crippen LogP contribution in [0, 0.1) is 0 Å². The maximum absolute atomic E-state index is 12.7. The molecule has 4 rings (SSSR count). The van der Waals surface area contributed by atoms with Crippen LogP contribution in [-0.4, -0.2) is 26.0 Å². The number of nitrogens with zero attached hydrogens (tertiary/aromatic N) is 3. The lowest BCUT2D eigenvalue weighted by Gasteiger charge is -2.12. The Morgan fingerprint density at radius 2 is 1.80 bits per heavy atom. The smallest absolute Gasteiger partial charge is 0.406 e. The topological polar surface area (TPSA) is 60.2 Å². The zero-order valence-electron chi connectivity index (χ0n) is 15.4. The Kier molecular flexibility index (Phi) is 5.36. The lowest BCUT2D eigenvalue weighted by molar-refractivity contribution is -0.274. The number of aromatic nitrogens is 3. The van der Waals surface area contributed by atoms with E-state index in [1.165, 1.54) is 36.9 Å². The number of hydrogen-bond acceptors (Lipinski definition) is 4. The fraction of sp³-hybridized carbons (Fsp3) is 0.143. The largest absolute Gasteiger partial charge is 0.573 e. The van der Waals surface area contributed by atoms with Crippen molar-refractivity contribution in [1.29, 1.82) is 0 Å². The molecular weight excluding hydrogens is 419 g/mol. The third-order valence-electron chi connectivity index (χ3n) is 4.66. The van der Waals surface area contributed by atoms with Crippen LogP contribution in [0.5, 0.6) is 5.75 Å². The first-order chi connectivity index (χ1) is 14.4. The highest BCUT2D eigenvalue weighted by Crippen LogP contribution is 2.38. The van der Waals surface area contributed by atoms with E-state index in [9.17, 15) is 18.3 Å². The van der Waals surface area contributed by atoms with Gasteiger partial charge in [-0.25, -0.2) is 9.97 Å². The highest BCUT2D eigenvalue weighted by Gasteiger charge is 2.31. The van der Waals surface area contributed by atoms with E-state index in [1.54, 1.807) is 12.1 Å². The summed E-state index contributed by atoms with van der Waals surface area (Å²) in [6, 6.07) is 11.3. The molecule has 0 fully saturated rings. The number of benzene rings is 2. The Balaban J connectivity index is 1.96. The fourth-order valence-corrected chi connectivity index (χ4v) is 3.67. The van der Waals surface area contributed by atoms with E-state index in [4.69, 9.17) is 11.6 Å². The average molecular weight is 434 g/mol. The molecule has 0 radical (unpaired) electrons. The lowest BCUT2D eigenvalue weighted by Crippen LogP contribution is -2.17. The van der Waals surface area contributed by atoms with Crippen molar-refractivity contribution in [3.63, 3.8) is 0 Å². The summed E-state index contributed by atoms with van der Waals surface area (Å²) in [7, 11) is 0. The molecule has 0 saturated heterocycles. The summed E-state index contributed by atoms with van der Waals surface area (Å²) in [5.41, 5.74) is 3.02. The lowest BCUT2D eigenvalue weighted by atomic mass is 10.0. The van der Waals surface area contributed by atoms with Crippen molar-refractivity contribution >= 4 is 22.5 Å². The summed E-state index contributed by atoms with van der Waals surface area (Å²) in [5.74, 6) is -0.354. The van der Waals surface area contributed by atoms with Crippen molar-refractivity contribution in [2.75, 3.05) is 0 Å². The molecule has 2 heterocycles.